The van der Waals surface area contributed by atoms with Crippen LogP contribution in [-0.2, 0) is 11.3 Å². The second-order valence-corrected chi connectivity index (χ2v) is 4.15. The molecule has 2 rings (SSSR count). The van der Waals surface area contributed by atoms with E-state index in [9.17, 15) is 4.79 Å². The Labute approximate surface area is 100 Å². The minimum Gasteiger partial charge on any atom is -0.455 e. The summed E-state index contributed by atoms with van der Waals surface area (Å²) in [5.41, 5.74) is 5.40. The molecule has 1 aromatic rings. The molecular formula is C12H18N2O3. The SMILES string of the molecule is NCc1ccc(C(=O)NCCC2CCCO2)o1. The molecule has 5 heteroatoms. The molecule has 0 radical (unpaired) electrons. The van der Waals surface area contributed by atoms with Gasteiger partial charge in [0.05, 0.1) is 12.6 Å². The zero-order chi connectivity index (χ0) is 12.1. The molecule has 1 aromatic heterocycles. The molecule has 1 aliphatic rings. The van der Waals surface area contributed by atoms with Gasteiger partial charge in [0.1, 0.15) is 5.76 Å². The fourth-order valence-electron chi connectivity index (χ4n) is 1.92. The molecule has 5 nitrogen and oxygen atoms in total. The fourth-order valence-corrected chi connectivity index (χ4v) is 1.92. The van der Waals surface area contributed by atoms with E-state index in [1.807, 2.05) is 0 Å². The van der Waals surface area contributed by atoms with Gasteiger partial charge < -0.3 is 20.2 Å². The number of rotatable bonds is 5. The van der Waals surface area contributed by atoms with Crippen molar-refractivity contribution < 1.29 is 13.9 Å². The van der Waals surface area contributed by atoms with Gasteiger partial charge in [0.25, 0.3) is 5.91 Å². The van der Waals surface area contributed by atoms with E-state index < -0.39 is 0 Å². The average Bonchev–Trinajstić information content (AvgIpc) is 2.99. The zero-order valence-corrected chi connectivity index (χ0v) is 9.78. The number of amides is 1. The second-order valence-electron chi connectivity index (χ2n) is 4.15. The van der Waals surface area contributed by atoms with Crippen LogP contribution in [0.3, 0.4) is 0 Å². The van der Waals surface area contributed by atoms with Crippen molar-refractivity contribution in [3.05, 3.63) is 23.7 Å². The first-order chi connectivity index (χ1) is 8.29. The first kappa shape index (κ1) is 12.1. The Kier molecular flexibility index (Phi) is 4.17. The Morgan fingerprint density at radius 3 is 3.06 bits per heavy atom. The highest BCUT2D eigenvalue weighted by Gasteiger charge is 2.16. The Hall–Kier alpha value is -1.33. The highest BCUT2D eigenvalue weighted by molar-refractivity contribution is 5.91. The van der Waals surface area contributed by atoms with Crippen LogP contribution in [0.2, 0.25) is 0 Å². The lowest BCUT2D eigenvalue weighted by molar-refractivity contribution is 0.0883. The molecule has 0 aliphatic carbocycles. The van der Waals surface area contributed by atoms with Crippen molar-refractivity contribution in [2.75, 3.05) is 13.2 Å². The number of ether oxygens (including phenoxy) is 1. The van der Waals surface area contributed by atoms with Gasteiger partial charge >= 0.3 is 0 Å². The van der Waals surface area contributed by atoms with Gasteiger partial charge in [0.15, 0.2) is 5.76 Å². The van der Waals surface area contributed by atoms with Gasteiger partial charge in [-0.1, -0.05) is 0 Å². The van der Waals surface area contributed by atoms with E-state index in [1.54, 1.807) is 12.1 Å². The Balaban J connectivity index is 1.72. The summed E-state index contributed by atoms with van der Waals surface area (Å²) in [5.74, 6) is 0.745. The first-order valence-electron chi connectivity index (χ1n) is 5.98. The van der Waals surface area contributed by atoms with Gasteiger partial charge in [-0.05, 0) is 31.4 Å². The molecule has 3 N–H and O–H groups in total. The lowest BCUT2D eigenvalue weighted by Gasteiger charge is -2.09. The number of hydrogen-bond donors (Lipinski definition) is 2. The summed E-state index contributed by atoms with van der Waals surface area (Å²) in [6.45, 7) is 1.77. The molecule has 1 aliphatic heterocycles. The van der Waals surface area contributed by atoms with Crippen LogP contribution in [0.1, 0.15) is 35.6 Å². The van der Waals surface area contributed by atoms with E-state index in [-0.39, 0.29) is 5.91 Å². The van der Waals surface area contributed by atoms with Gasteiger partial charge in [-0.2, -0.15) is 0 Å². The average molecular weight is 238 g/mol. The lowest BCUT2D eigenvalue weighted by Crippen LogP contribution is -2.26. The Bertz CT molecular complexity index is 370. The highest BCUT2D eigenvalue weighted by atomic mass is 16.5. The minimum atomic E-state index is -0.192. The van der Waals surface area contributed by atoms with Crippen molar-refractivity contribution >= 4 is 5.91 Å². The van der Waals surface area contributed by atoms with Crippen LogP contribution in [0, 0.1) is 0 Å². The standard InChI is InChI=1S/C12H18N2O3/c13-8-10-3-4-11(17-10)12(15)14-6-5-9-2-1-7-16-9/h3-4,9H,1-2,5-8,13H2,(H,14,15). The molecule has 1 amide bonds. The summed E-state index contributed by atoms with van der Waals surface area (Å²) in [6.07, 6.45) is 3.37. The van der Waals surface area contributed by atoms with E-state index >= 15 is 0 Å². The predicted molar refractivity (Wildman–Crippen MR) is 62.5 cm³/mol. The van der Waals surface area contributed by atoms with E-state index in [2.05, 4.69) is 5.32 Å². The summed E-state index contributed by atoms with van der Waals surface area (Å²) in [6, 6.07) is 3.36. The fraction of sp³-hybridized carbons (Fsp3) is 0.583. The van der Waals surface area contributed by atoms with E-state index in [0.29, 0.717) is 30.7 Å². The van der Waals surface area contributed by atoms with E-state index in [0.717, 1.165) is 25.9 Å². The van der Waals surface area contributed by atoms with Crippen LogP contribution < -0.4 is 11.1 Å². The van der Waals surface area contributed by atoms with E-state index in [4.69, 9.17) is 14.9 Å². The molecule has 0 aromatic carbocycles. The van der Waals surface area contributed by atoms with Gasteiger partial charge in [0.2, 0.25) is 0 Å². The third-order valence-electron chi connectivity index (χ3n) is 2.86. The van der Waals surface area contributed by atoms with Crippen LogP contribution in [0.4, 0.5) is 0 Å². The Morgan fingerprint density at radius 2 is 2.41 bits per heavy atom. The summed E-state index contributed by atoms with van der Waals surface area (Å²) >= 11 is 0. The third-order valence-corrected chi connectivity index (χ3v) is 2.86. The first-order valence-corrected chi connectivity index (χ1v) is 5.98. The summed E-state index contributed by atoms with van der Waals surface area (Å²) in [4.78, 5) is 11.7. The normalized spacial score (nSPS) is 19.5. The predicted octanol–water partition coefficient (Wildman–Crippen LogP) is 1.04. The zero-order valence-electron chi connectivity index (χ0n) is 9.78. The third kappa shape index (κ3) is 3.31. The second kappa shape index (κ2) is 5.84. The molecular weight excluding hydrogens is 220 g/mol. The van der Waals surface area contributed by atoms with Gasteiger partial charge in [-0.25, -0.2) is 0 Å². The molecule has 94 valence electrons. The summed E-state index contributed by atoms with van der Waals surface area (Å²) in [7, 11) is 0. The van der Waals surface area contributed by atoms with Crippen LogP contribution >= 0.6 is 0 Å². The molecule has 1 saturated heterocycles. The smallest absolute Gasteiger partial charge is 0.286 e. The number of furan rings is 1. The maximum absolute atomic E-state index is 11.7. The van der Waals surface area contributed by atoms with Crippen molar-refractivity contribution in [2.45, 2.75) is 31.9 Å². The monoisotopic (exact) mass is 238 g/mol. The van der Waals surface area contributed by atoms with Crippen LogP contribution in [0.5, 0.6) is 0 Å². The van der Waals surface area contributed by atoms with Crippen LogP contribution in [-0.4, -0.2) is 25.2 Å². The Morgan fingerprint density at radius 1 is 1.53 bits per heavy atom. The molecule has 1 atom stereocenters. The maximum atomic E-state index is 11.7. The molecule has 1 fully saturated rings. The minimum absolute atomic E-state index is 0.192. The molecule has 2 heterocycles. The number of nitrogens with one attached hydrogen (secondary N) is 1. The van der Waals surface area contributed by atoms with Gasteiger partial charge in [-0.3, -0.25) is 4.79 Å². The maximum Gasteiger partial charge on any atom is 0.286 e. The molecule has 0 spiro atoms. The van der Waals surface area contributed by atoms with Gasteiger partial charge in [0, 0.05) is 13.2 Å². The van der Waals surface area contributed by atoms with Crippen LogP contribution in [0.25, 0.3) is 0 Å². The number of carbonyl (C=O) groups is 1. The quantitative estimate of drug-likeness (QED) is 0.803. The molecule has 0 bridgehead atoms. The molecule has 17 heavy (non-hydrogen) atoms. The number of hydrogen-bond acceptors (Lipinski definition) is 4. The van der Waals surface area contributed by atoms with Crippen molar-refractivity contribution in [2.24, 2.45) is 5.73 Å². The topological polar surface area (TPSA) is 77.5 Å². The highest BCUT2D eigenvalue weighted by Crippen LogP contribution is 2.14. The summed E-state index contributed by atoms with van der Waals surface area (Å²) in [5, 5.41) is 2.81. The number of carbonyl (C=O) groups excluding carboxylic acids is 1. The van der Waals surface area contributed by atoms with Crippen LogP contribution in [0.15, 0.2) is 16.5 Å². The molecule has 0 saturated carbocycles. The molecule has 1 unspecified atom stereocenters. The van der Waals surface area contributed by atoms with Gasteiger partial charge in [-0.15, -0.1) is 0 Å². The summed E-state index contributed by atoms with van der Waals surface area (Å²) < 4.78 is 10.7. The lowest BCUT2D eigenvalue weighted by atomic mass is 10.2. The van der Waals surface area contributed by atoms with Crippen molar-refractivity contribution in [1.29, 1.82) is 0 Å². The largest absolute Gasteiger partial charge is 0.455 e. The van der Waals surface area contributed by atoms with Crippen molar-refractivity contribution in [3.63, 3.8) is 0 Å². The number of nitrogens with two attached hydrogens (primary N) is 1. The van der Waals surface area contributed by atoms with Crippen molar-refractivity contribution in [1.82, 2.24) is 5.32 Å². The van der Waals surface area contributed by atoms with E-state index in [1.165, 1.54) is 0 Å². The van der Waals surface area contributed by atoms with Crippen molar-refractivity contribution in [3.8, 4) is 0 Å².